The lowest BCUT2D eigenvalue weighted by molar-refractivity contribution is 0.00719. The molecule has 0 N–H and O–H groups in total. The number of nitrogens with zero attached hydrogens (tertiary/aromatic N) is 4. The van der Waals surface area contributed by atoms with Gasteiger partial charge in [0.25, 0.3) is 0 Å². The van der Waals surface area contributed by atoms with Crippen LogP contribution >= 0.6 is 30.3 Å². The van der Waals surface area contributed by atoms with Crippen molar-refractivity contribution >= 4 is 47.3 Å². The van der Waals surface area contributed by atoms with Gasteiger partial charge >= 0.3 is 6.09 Å². The normalized spacial score (nSPS) is 15.9. The summed E-state index contributed by atoms with van der Waals surface area (Å²) < 4.78 is 42.7. The second-order valence-electron chi connectivity index (χ2n) is 10.3. The average Bonchev–Trinajstić information content (AvgIpc) is 3.26. The first-order valence-corrected chi connectivity index (χ1v) is 15.8. The maximum absolute atomic E-state index is 14.5. The molecule has 1 fully saturated rings. The first-order chi connectivity index (χ1) is 18.6. The van der Waals surface area contributed by atoms with Crippen molar-refractivity contribution in [2.24, 2.45) is 0 Å². The Labute approximate surface area is 241 Å². The van der Waals surface area contributed by atoms with E-state index in [1.807, 2.05) is 37.0 Å². The van der Waals surface area contributed by atoms with Crippen LogP contribution in [0.4, 0.5) is 13.6 Å². The second kappa shape index (κ2) is 11.3. The fourth-order valence-corrected chi connectivity index (χ4v) is 5.98. The molecular weight excluding hydrogens is 637 g/mol. The summed E-state index contributed by atoms with van der Waals surface area (Å²) in [7, 11) is 1.47. The number of amides is 1. The van der Waals surface area contributed by atoms with E-state index in [1.165, 1.54) is 27.3 Å². The summed E-state index contributed by atoms with van der Waals surface area (Å²) in [4.78, 5) is 23.3. The SMILES string of the molecule is CC(C)(C)OC(=O)N1CCCC(Oc2cncc(-c3cn(SI)c4ccc(-c5c(F)cccc5F)cc34)n2)C1. The minimum Gasteiger partial charge on any atom is -0.471 e. The summed E-state index contributed by atoms with van der Waals surface area (Å²) in [6.07, 6.45) is 6.04. The Morgan fingerprint density at radius 3 is 2.64 bits per heavy atom. The Hall–Kier alpha value is -2.93. The van der Waals surface area contributed by atoms with Crippen LogP contribution in [-0.2, 0) is 4.74 Å². The third kappa shape index (κ3) is 6.13. The topological polar surface area (TPSA) is 69.5 Å². The molecule has 39 heavy (non-hydrogen) atoms. The van der Waals surface area contributed by atoms with Crippen LogP contribution in [0.1, 0.15) is 33.6 Å². The van der Waals surface area contributed by atoms with Crippen LogP contribution < -0.4 is 4.74 Å². The minimum atomic E-state index is -0.623. The number of hydrogen-bond acceptors (Lipinski definition) is 6. The van der Waals surface area contributed by atoms with E-state index < -0.39 is 17.2 Å². The van der Waals surface area contributed by atoms with Crippen LogP contribution in [0, 0.1) is 11.6 Å². The molecule has 1 aliphatic heterocycles. The molecule has 2 aromatic heterocycles. The molecule has 5 rings (SSSR count). The fraction of sp³-hybridized carbons (Fsp3) is 0.321. The van der Waals surface area contributed by atoms with Gasteiger partial charge in [-0.15, -0.1) is 0 Å². The van der Waals surface area contributed by atoms with E-state index in [9.17, 15) is 13.6 Å². The number of likely N-dealkylation sites (tertiary alicyclic amines) is 1. The number of fused-ring (bicyclic) bond motifs is 1. The molecule has 0 saturated carbocycles. The van der Waals surface area contributed by atoms with Gasteiger partial charge in [-0.2, -0.15) is 0 Å². The third-order valence-electron chi connectivity index (χ3n) is 6.30. The number of benzene rings is 2. The molecule has 0 bridgehead atoms. The van der Waals surface area contributed by atoms with E-state index in [0.717, 1.165) is 29.3 Å². The number of halogens is 3. The molecule has 1 aliphatic rings. The molecule has 0 spiro atoms. The van der Waals surface area contributed by atoms with E-state index in [1.54, 1.807) is 29.4 Å². The largest absolute Gasteiger partial charge is 0.471 e. The van der Waals surface area contributed by atoms with Gasteiger partial charge in [0, 0.05) is 54.0 Å². The van der Waals surface area contributed by atoms with Gasteiger partial charge in [0.1, 0.15) is 23.3 Å². The van der Waals surface area contributed by atoms with Gasteiger partial charge in [-0.05, 0) is 63.4 Å². The van der Waals surface area contributed by atoms with Crippen LogP contribution in [0.15, 0.2) is 55.0 Å². The molecule has 11 heteroatoms. The van der Waals surface area contributed by atoms with Crippen LogP contribution in [0.3, 0.4) is 0 Å². The van der Waals surface area contributed by atoms with Crippen LogP contribution in [0.25, 0.3) is 33.3 Å². The van der Waals surface area contributed by atoms with Crippen molar-refractivity contribution < 1.29 is 23.0 Å². The predicted octanol–water partition coefficient (Wildman–Crippen LogP) is 7.67. The van der Waals surface area contributed by atoms with Gasteiger partial charge in [0.2, 0.25) is 5.88 Å². The van der Waals surface area contributed by atoms with Crippen molar-refractivity contribution in [1.82, 2.24) is 18.8 Å². The van der Waals surface area contributed by atoms with Gasteiger partial charge in [0.05, 0.1) is 35.7 Å². The highest BCUT2D eigenvalue weighted by Gasteiger charge is 2.29. The van der Waals surface area contributed by atoms with Crippen molar-refractivity contribution in [1.29, 1.82) is 0 Å². The van der Waals surface area contributed by atoms with Crippen molar-refractivity contribution in [3.05, 3.63) is 66.6 Å². The summed E-state index contributed by atoms with van der Waals surface area (Å²) in [5.41, 5.74) is 1.98. The Morgan fingerprint density at radius 1 is 1.15 bits per heavy atom. The van der Waals surface area contributed by atoms with E-state index in [-0.39, 0.29) is 17.8 Å². The number of carbonyl (C=O) groups is 1. The number of piperidine rings is 1. The van der Waals surface area contributed by atoms with E-state index >= 15 is 0 Å². The Morgan fingerprint density at radius 2 is 1.92 bits per heavy atom. The maximum atomic E-state index is 14.5. The number of hydrogen-bond donors (Lipinski definition) is 0. The number of rotatable bonds is 5. The number of aromatic nitrogens is 3. The molecule has 1 unspecified atom stereocenters. The van der Waals surface area contributed by atoms with Crippen LogP contribution in [-0.4, -0.2) is 49.7 Å². The molecule has 3 heterocycles. The van der Waals surface area contributed by atoms with Crippen molar-refractivity contribution in [2.45, 2.75) is 45.3 Å². The molecule has 2 aromatic carbocycles. The fourth-order valence-electron chi connectivity index (χ4n) is 4.62. The lowest BCUT2D eigenvalue weighted by Crippen LogP contribution is -2.46. The molecule has 0 radical (unpaired) electrons. The summed E-state index contributed by atoms with van der Waals surface area (Å²) in [6, 6.07) is 9.16. The van der Waals surface area contributed by atoms with Crippen molar-refractivity contribution in [3.63, 3.8) is 0 Å². The number of carbonyl (C=O) groups excluding carboxylic acids is 1. The zero-order valence-corrected chi connectivity index (χ0v) is 24.6. The second-order valence-corrected chi connectivity index (χ2v) is 12.0. The summed E-state index contributed by atoms with van der Waals surface area (Å²) in [6.45, 7) is 6.52. The Kier molecular flexibility index (Phi) is 7.99. The van der Waals surface area contributed by atoms with Gasteiger partial charge in [-0.1, -0.05) is 12.1 Å². The third-order valence-corrected chi connectivity index (χ3v) is 8.03. The highest BCUT2D eigenvalue weighted by molar-refractivity contribution is 14.2. The van der Waals surface area contributed by atoms with E-state index in [2.05, 4.69) is 26.2 Å². The average molecular weight is 665 g/mol. The van der Waals surface area contributed by atoms with Crippen LogP contribution in [0.2, 0.25) is 0 Å². The van der Waals surface area contributed by atoms with Gasteiger partial charge < -0.3 is 14.4 Å². The molecule has 204 valence electrons. The summed E-state index contributed by atoms with van der Waals surface area (Å²) in [5.74, 6) is -0.911. The molecule has 0 aliphatic carbocycles. The van der Waals surface area contributed by atoms with Gasteiger partial charge in [-0.3, -0.25) is 8.96 Å². The van der Waals surface area contributed by atoms with E-state index in [4.69, 9.17) is 14.5 Å². The predicted molar refractivity (Wildman–Crippen MR) is 157 cm³/mol. The Bertz CT molecular complexity index is 1500. The highest BCUT2D eigenvalue weighted by Crippen LogP contribution is 2.37. The Balaban J connectivity index is 1.44. The monoisotopic (exact) mass is 664 g/mol. The highest BCUT2D eigenvalue weighted by atomic mass is 127. The number of ether oxygens (including phenoxy) is 2. The lowest BCUT2D eigenvalue weighted by Gasteiger charge is -2.33. The first kappa shape index (κ1) is 27.6. The minimum absolute atomic E-state index is 0.0739. The quantitative estimate of drug-likeness (QED) is 0.204. The summed E-state index contributed by atoms with van der Waals surface area (Å²) >= 11 is 2.18. The molecule has 1 saturated heterocycles. The van der Waals surface area contributed by atoms with Crippen molar-refractivity contribution in [3.8, 4) is 28.3 Å². The molecule has 1 atom stereocenters. The molecule has 1 amide bonds. The van der Waals surface area contributed by atoms with Crippen molar-refractivity contribution in [2.75, 3.05) is 13.1 Å². The van der Waals surface area contributed by atoms with Crippen LogP contribution in [0.5, 0.6) is 5.88 Å². The van der Waals surface area contributed by atoms with E-state index in [0.29, 0.717) is 30.2 Å². The standard InChI is InChI=1S/C28H27F2IN4O3S/c1-28(2,3)38-27(36)34-11-5-6-18(15-34)37-25-14-32-13-23(33-25)20-16-35(39-31)24-10-9-17(12-19(20)24)26-21(29)7-4-8-22(26)30/h4,7-10,12-14,16,18H,5-6,11,15H2,1-3H3. The lowest BCUT2D eigenvalue weighted by atomic mass is 10.0. The maximum Gasteiger partial charge on any atom is 0.410 e. The molecule has 7 nitrogen and oxygen atoms in total. The first-order valence-electron chi connectivity index (χ1n) is 12.5. The molecular formula is C28H27F2IN4O3S. The van der Waals surface area contributed by atoms with Gasteiger partial charge in [-0.25, -0.2) is 18.6 Å². The molecule has 4 aromatic rings. The zero-order valence-electron chi connectivity index (χ0n) is 21.7. The summed E-state index contributed by atoms with van der Waals surface area (Å²) in [5, 5.41) is 0.777. The van der Waals surface area contributed by atoms with Gasteiger partial charge in [0.15, 0.2) is 0 Å². The smallest absolute Gasteiger partial charge is 0.410 e. The zero-order chi connectivity index (χ0) is 27.7.